The largest absolute Gasteiger partial charge is 0.369 e. The molecule has 0 radical (unpaired) electrons. The van der Waals surface area contributed by atoms with Gasteiger partial charge >= 0.3 is 5.69 Å². The van der Waals surface area contributed by atoms with Crippen LogP contribution in [0.25, 0.3) is 11.0 Å². The first-order valence-corrected chi connectivity index (χ1v) is 9.17. The number of imidazole rings is 1. The van der Waals surface area contributed by atoms with Crippen LogP contribution in [0.15, 0.2) is 53.3 Å². The third-order valence-corrected chi connectivity index (χ3v) is 5.15. The molecule has 3 N–H and O–H groups in total. The lowest BCUT2D eigenvalue weighted by molar-refractivity contribution is -0.120. The molecule has 0 saturated carbocycles. The number of anilines is 2. The Balaban J connectivity index is 1.37. The maximum Gasteiger partial charge on any atom is 0.323 e. The number of nitrogens with zero attached hydrogens (tertiary/aromatic N) is 2. The van der Waals surface area contributed by atoms with Gasteiger partial charge in [0.15, 0.2) is 0 Å². The standard InChI is InChI=1S/C20H23N5O2/c1-14(24-9-11-25(12-10-24)16-5-3-2-4-6-16)19(26)21-15-7-8-17-18(13-15)23-20(27)22-17/h2-8,13-14H,9-12H2,1H3,(H,21,26)(H2,22,23,27). The summed E-state index contributed by atoms with van der Waals surface area (Å²) in [7, 11) is 0. The summed E-state index contributed by atoms with van der Waals surface area (Å²) >= 11 is 0. The third kappa shape index (κ3) is 3.73. The van der Waals surface area contributed by atoms with Gasteiger partial charge < -0.3 is 20.2 Å². The molecule has 0 spiro atoms. The average Bonchev–Trinajstić information content (AvgIpc) is 3.07. The summed E-state index contributed by atoms with van der Waals surface area (Å²) in [5, 5.41) is 2.95. The summed E-state index contributed by atoms with van der Waals surface area (Å²) in [4.78, 5) is 34.0. The van der Waals surface area contributed by atoms with Gasteiger partial charge in [0.2, 0.25) is 5.91 Å². The fourth-order valence-electron chi connectivity index (χ4n) is 3.53. The molecule has 1 aliphatic heterocycles. The van der Waals surface area contributed by atoms with Crippen LogP contribution in [-0.4, -0.2) is 53.0 Å². The zero-order valence-electron chi connectivity index (χ0n) is 15.2. The van der Waals surface area contributed by atoms with Crippen molar-refractivity contribution in [1.29, 1.82) is 0 Å². The lowest BCUT2D eigenvalue weighted by Gasteiger charge is -2.38. The predicted octanol–water partition coefficient (Wildman–Crippen LogP) is 2.01. The molecule has 140 valence electrons. The van der Waals surface area contributed by atoms with Crippen molar-refractivity contribution in [2.24, 2.45) is 0 Å². The second kappa shape index (κ2) is 7.28. The molecule has 4 rings (SSSR count). The van der Waals surface area contributed by atoms with Gasteiger partial charge in [0, 0.05) is 37.6 Å². The number of amides is 1. The van der Waals surface area contributed by atoms with Gasteiger partial charge in [-0.3, -0.25) is 9.69 Å². The summed E-state index contributed by atoms with van der Waals surface area (Å²) in [6, 6.07) is 15.5. The van der Waals surface area contributed by atoms with E-state index in [1.165, 1.54) is 5.69 Å². The van der Waals surface area contributed by atoms with Crippen molar-refractivity contribution >= 4 is 28.3 Å². The first-order valence-electron chi connectivity index (χ1n) is 9.17. The van der Waals surface area contributed by atoms with Crippen molar-refractivity contribution in [3.63, 3.8) is 0 Å². The molecule has 2 heterocycles. The summed E-state index contributed by atoms with van der Waals surface area (Å²) in [6.07, 6.45) is 0. The number of aromatic nitrogens is 2. The Morgan fingerprint density at radius 2 is 1.70 bits per heavy atom. The summed E-state index contributed by atoms with van der Waals surface area (Å²) in [5.41, 5.74) is 3.06. The first kappa shape index (κ1) is 17.4. The Hall–Kier alpha value is -3.06. The zero-order valence-corrected chi connectivity index (χ0v) is 15.2. The van der Waals surface area contributed by atoms with Crippen LogP contribution in [0, 0.1) is 0 Å². The van der Waals surface area contributed by atoms with Crippen LogP contribution in [0.3, 0.4) is 0 Å². The quantitative estimate of drug-likeness (QED) is 0.660. The number of carbonyl (C=O) groups excluding carboxylic acids is 1. The fourth-order valence-corrected chi connectivity index (χ4v) is 3.53. The minimum atomic E-state index is -0.252. The number of hydrogen-bond donors (Lipinski definition) is 3. The van der Waals surface area contributed by atoms with E-state index in [0.29, 0.717) is 11.2 Å². The van der Waals surface area contributed by atoms with E-state index in [9.17, 15) is 9.59 Å². The molecule has 1 amide bonds. The van der Waals surface area contributed by atoms with Gasteiger partial charge in [-0.2, -0.15) is 0 Å². The van der Waals surface area contributed by atoms with Gasteiger partial charge in [0.05, 0.1) is 17.1 Å². The van der Waals surface area contributed by atoms with E-state index in [4.69, 9.17) is 0 Å². The average molecular weight is 365 g/mol. The fraction of sp³-hybridized carbons (Fsp3) is 0.300. The lowest BCUT2D eigenvalue weighted by Crippen LogP contribution is -2.52. The van der Waals surface area contributed by atoms with Crippen LogP contribution in [0.5, 0.6) is 0 Å². The number of aromatic amines is 2. The molecular weight excluding hydrogens is 342 g/mol. The summed E-state index contributed by atoms with van der Waals surface area (Å²) < 4.78 is 0. The van der Waals surface area contributed by atoms with E-state index in [-0.39, 0.29) is 17.6 Å². The Kier molecular flexibility index (Phi) is 4.68. The molecule has 7 nitrogen and oxygen atoms in total. The Morgan fingerprint density at radius 1 is 1.00 bits per heavy atom. The van der Waals surface area contributed by atoms with Crippen LogP contribution in [0.1, 0.15) is 6.92 Å². The molecule has 1 aliphatic rings. The van der Waals surface area contributed by atoms with Crippen molar-refractivity contribution in [3.05, 3.63) is 59.0 Å². The van der Waals surface area contributed by atoms with Crippen LogP contribution in [0.4, 0.5) is 11.4 Å². The van der Waals surface area contributed by atoms with Gasteiger partial charge in [-0.25, -0.2) is 4.79 Å². The molecule has 1 saturated heterocycles. The molecule has 7 heteroatoms. The molecule has 1 fully saturated rings. The lowest BCUT2D eigenvalue weighted by atomic mass is 10.2. The first-order chi connectivity index (χ1) is 13.1. The number of rotatable bonds is 4. The molecule has 1 atom stereocenters. The number of para-hydroxylation sites is 1. The normalized spacial score (nSPS) is 16.4. The highest BCUT2D eigenvalue weighted by atomic mass is 16.2. The van der Waals surface area contributed by atoms with Gasteiger partial charge in [0.1, 0.15) is 0 Å². The molecule has 2 aromatic carbocycles. The molecule has 0 aliphatic carbocycles. The molecular formula is C20H23N5O2. The number of fused-ring (bicyclic) bond motifs is 1. The molecule has 1 aromatic heterocycles. The van der Waals surface area contributed by atoms with E-state index >= 15 is 0 Å². The van der Waals surface area contributed by atoms with Crippen molar-refractivity contribution in [1.82, 2.24) is 14.9 Å². The maximum absolute atomic E-state index is 12.7. The third-order valence-electron chi connectivity index (χ3n) is 5.15. The van der Waals surface area contributed by atoms with Crippen molar-refractivity contribution in [2.75, 3.05) is 36.4 Å². The monoisotopic (exact) mass is 365 g/mol. The summed E-state index contributed by atoms with van der Waals surface area (Å²) in [5.74, 6) is -0.0413. The van der Waals surface area contributed by atoms with Crippen LogP contribution >= 0.6 is 0 Å². The number of carbonyl (C=O) groups is 1. The van der Waals surface area contributed by atoms with Gasteiger partial charge in [-0.1, -0.05) is 18.2 Å². The zero-order chi connectivity index (χ0) is 18.8. The van der Waals surface area contributed by atoms with E-state index in [1.807, 2.05) is 25.1 Å². The van der Waals surface area contributed by atoms with E-state index < -0.39 is 0 Å². The number of H-pyrrole nitrogens is 2. The van der Waals surface area contributed by atoms with Crippen LogP contribution in [-0.2, 0) is 4.79 Å². The van der Waals surface area contributed by atoms with Gasteiger partial charge in [-0.15, -0.1) is 0 Å². The number of nitrogens with one attached hydrogen (secondary N) is 3. The van der Waals surface area contributed by atoms with Crippen molar-refractivity contribution < 1.29 is 4.79 Å². The topological polar surface area (TPSA) is 84.2 Å². The Morgan fingerprint density at radius 3 is 2.44 bits per heavy atom. The second-order valence-corrected chi connectivity index (χ2v) is 6.86. The molecule has 0 bridgehead atoms. The Bertz CT molecular complexity index is 986. The highest BCUT2D eigenvalue weighted by molar-refractivity contribution is 5.96. The van der Waals surface area contributed by atoms with Gasteiger partial charge in [-0.05, 0) is 37.3 Å². The van der Waals surface area contributed by atoms with E-state index in [0.717, 1.165) is 31.7 Å². The molecule has 1 unspecified atom stereocenters. The highest BCUT2D eigenvalue weighted by Gasteiger charge is 2.25. The predicted molar refractivity (Wildman–Crippen MR) is 107 cm³/mol. The van der Waals surface area contributed by atoms with E-state index in [2.05, 4.69) is 37.2 Å². The smallest absolute Gasteiger partial charge is 0.323 e. The van der Waals surface area contributed by atoms with Gasteiger partial charge in [0.25, 0.3) is 0 Å². The van der Waals surface area contributed by atoms with Crippen molar-refractivity contribution in [2.45, 2.75) is 13.0 Å². The number of piperazine rings is 1. The second-order valence-electron chi connectivity index (χ2n) is 6.86. The van der Waals surface area contributed by atoms with Crippen molar-refractivity contribution in [3.8, 4) is 0 Å². The summed E-state index contributed by atoms with van der Waals surface area (Å²) in [6.45, 7) is 5.42. The van der Waals surface area contributed by atoms with Crippen LogP contribution < -0.4 is 15.9 Å². The maximum atomic E-state index is 12.7. The SMILES string of the molecule is CC(C(=O)Nc1ccc2[nH]c(=O)[nH]c2c1)N1CCN(c2ccccc2)CC1. The minimum Gasteiger partial charge on any atom is -0.369 e. The Labute approximate surface area is 157 Å². The molecule has 27 heavy (non-hydrogen) atoms. The molecule has 3 aromatic rings. The number of hydrogen-bond acceptors (Lipinski definition) is 4. The highest BCUT2D eigenvalue weighted by Crippen LogP contribution is 2.18. The number of benzene rings is 2. The minimum absolute atomic E-state index is 0.0413. The van der Waals surface area contributed by atoms with E-state index in [1.54, 1.807) is 18.2 Å². The van der Waals surface area contributed by atoms with Crippen LogP contribution in [0.2, 0.25) is 0 Å².